The first-order valence-electron chi connectivity index (χ1n) is 9.67. The number of morpholine rings is 1. The van der Waals surface area contributed by atoms with Gasteiger partial charge in [-0.3, -0.25) is 0 Å². The zero-order chi connectivity index (χ0) is 18.9. The van der Waals surface area contributed by atoms with E-state index in [2.05, 4.69) is 15.2 Å². The number of hydrogen-bond donors (Lipinski definition) is 1. The summed E-state index contributed by atoms with van der Waals surface area (Å²) in [7, 11) is -3.55. The highest BCUT2D eigenvalue weighted by molar-refractivity contribution is 7.89. The summed E-state index contributed by atoms with van der Waals surface area (Å²) in [5.74, 6) is 1.99. The Balaban J connectivity index is 1.63. The van der Waals surface area contributed by atoms with Crippen molar-refractivity contribution in [2.24, 2.45) is 0 Å². The number of rotatable bonds is 4. The molecule has 1 aromatic heterocycles. The maximum atomic E-state index is 13.1. The first-order chi connectivity index (χ1) is 13.1. The number of hydrogen-bond acceptors (Lipinski definition) is 5. The Labute approximate surface area is 160 Å². The number of ether oxygens (including phenoxy) is 1. The Morgan fingerprint density at radius 3 is 2.59 bits per heavy atom. The molecule has 1 saturated heterocycles. The smallest absolute Gasteiger partial charge is 0.243 e. The van der Waals surface area contributed by atoms with Crippen LogP contribution in [0.15, 0.2) is 23.1 Å². The molecule has 0 bridgehead atoms. The van der Waals surface area contributed by atoms with Gasteiger partial charge in [0.05, 0.1) is 18.1 Å². The molecule has 27 heavy (non-hydrogen) atoms. The number of benzene rings is 1. The normalized spacial score (nSPS) is 20.0. The van der Waals surface area contributed by atoms with Crippen LogP contribution >= 0.6 is 0 Å². The standard InChI is InChI=1S/C19H26N4O3S/c1-14-7-8-16(13-17(14)27(24,25)23-9-11-26-12-10-23)19-20-18(21-22-19)15-5-3-2-4-6-15/h7-8,13,15H,2-6,9-12H2,1H3,(H,20,21,22). The van der Waals surface area contributed by atoms with E-state index in [1.54, 1.807) is 6.07 Å². The third-order valence-corrected chi connectivity index (χ3v) is 7.59. The third-order valence-electron chi connectivity index (χ3n) is 5.55. The second kappa shape index (κ2) is 7.69. The van der Waals surface area contributed by atoms with E-state index in [1.807, 2.05) is 19.1 Å². The summed E-state index contributed by atoms with van der Waals surface area (Å²) < 4.78 is 32.9. The zero-order valence-electron chi connectivity index (χ0n) is 15.6. The lowest BCUT2D eigenvalue weighted by Crippen LogP contribution is -2.40. The van der Waals surface area contributed by atoms with Crippen molar-refractivity contribution in [3.63, 3.8) is 0 Å². The van der Waals surface area contributed by atoms with E-state index in [0.29, 0.717) is 42.9 Å². The van der Waals surface area contributed by atoms with Gasteiger partial charge in [-0.25, -0.2) is 8.42 Å². The molecular weight excluding hydrogens is 364 g/mol. The first kappa shape index (κ1) is 18.6. The van der Waals surface area contributed by atoms with Gasteiger partial charge in [-0.05, 0) is 31.4 Å². The molecule has 1 saturated carbocycles. The minimum Gasteiger partial charge on any atom is -0.379 e. The van der Waals surface area contributed by atoms with Crippen molar-refractivity contribution in [1.29, 1.82) is 0 Å². The van der Waals surface area contributed by atoms with Crippen molar-refractivity contribution in [1.82, 2.24) is 19.5 Å². The van der Waals surface area contributed by atoms with Gasteiger partial charge in [-0.2, -0.15) is 4.31 Å². The maximum absolute atomic E-state index is 13.1. The van der Waals surface area contributed by atoms with Crippen LogP contribution in [-0.4, -0.2) is 54.2 Å². The summed E-state index contributed by atoms with van der Waals surface area (Å²) in [6.07, 6.45) is 6.02. The number of nitrogens with zero attached hydrogens (tertiary/aromatic N) is 3. The van der Waals surface area contributed by atoms with Crippen molar-refractivity contribution in [3.8, 4) is 11.4 Å². The molecule has 2 aliphatic rings. The van der Waals surface area contributed by atoms with Gasteiger partial charge >= 0.3 is 0 Å². The largest absolute Gasteiger partial charge is 0.379 e. The van der Waals surface area contributed by atoms with E-state index < -0.39 is 10.0 Å². The van der Waals surface area contributed by atoms with Crippen LogP contribution in [0.3, 0.4) is 0 Å². The summed E-state index contributed by atoms with van der Waals surface area (Å²) in [5, 5.41) is 8.63. The maximum Gasteiger partial charge on any atom is 0.243 e. The lowest BCUT2D eigenvalue weighted by Gasteiger charge is -2.26. The average Bonchev–Trinajstić information content (AvgIpc) is 3.20. The Bertz CT molecular complexity index is 897. The molecular formula is C19H26N4O3S. The summed E-state index contributed by atoms with van der Waals surface area (Å²) in [5.41, 5.74) is 1.49. The molecule has 7 nitrogen and oxygen atoms in total. The van der Waals surface area contributed by atoms with Crippen LogP contribution < -0.4 is 0 Å². The molecule has 0 spiro atoms. The van der Waals surface area contributed by atoms with E-state index in [0.717, 1.165) is 29.8 Å². The predicted octanol–water partition coefficient (Wildman–Crippen LogP) is 2.85. The predicted molar refractivity (Wildman–Crippen MR) is 102 cm³/mol. The fraction of sp³-hybridized carbons (Fsp3) is 0.579. The Morgan fingerprint density at radius 2 is 1.85 bits per heavy atom. The van der Waals surface area contributed by atoms with Crippen LogP contribution in [0.4, 0.5) is 0 Å². The van der Waals surface area contributed by atoms with Gasteiger partial charge in [0.2, 0.25) is 10.0 Å². The highest BCUT2D eigenvalue weighted by atomic mass is 32.2. The Morgan fingerprint density at radius 1 is 1.11 bits per heavy atom. The SMILES string of the molecule is Cc1ccc(-c2nnc(C3CCCCC3)[nH]2)cc1S(=O)(=O)N1CCOCC1. The minimum absolute atomic E-state index is 0.331. The Hall–Kier alpha value is -1.77. The second-order valence-electron chi connectivity index (χ2n) is 7.39. The summed E-state index contributed by atoms with van der Waals surface area (Å²) >= 11 is 0. The van der Waals surface area contributed by atoms with Gasteiger partial charge in [0, 0.05) is 24.6 Å². The highest BCUT2D eigenvalue weighted by Crippen LogP contribution is 2.32. The van der Waals surface area contributed by atoms with Crippen molar-refractivity contribution in [3.05, 3.63) is 29.6 Å². The molecule has 2 heterocycles. The number of H-pyrrole nitrogens is 1. The fourth-order valence-corrected chi connectivity index (χ4v) is 5.57. The molecule has 146 valence electrons. The lowest BCUT2D eigenvalue weighted by atomic mass is 9.89. The van der Waals surface area contributed by atoms with E-state index in [-0.39, 0.29) is 0 Å². The van der Waals surface area contributed by atoms with E-state index in [1.165, 1.54) is 23.6 Å². The topological polar surface area (TPSA) is 88.2 Å². The summed E-state index contributed by atoms with van der Waals surface area (Å²) in [6, 6.07) is 5.45. The average molecular weight is 391 g/mol. The molecule has 4 rings (SSSR count). The molecule has 2 aromatic rings. The molecule has 0 amide bonds. The van der Waals surface area contributed by atoms with Gasteiger partial charge in [0.25, 0.3) is 0 Å². The lowest BCUT2D eigenvalue weighted by molar-refractivity contribution is 0.0730. The molecule has 2 fully saturated rings. The van der Waals surface area contributed by atoms with Crippen LogP contribution in [-0.2, 0) is 14.8 Å². The zero-order valence-corrected chi connectivity index (χ0v) is 16.5. The monoisotopic (exact) mass is 390 g/mol. The van der Waals surface area contributed by atoms with Crippen LogP contribution in [0, 0.1) is 6.92 Å². The van der Waals surface area contributed by atoms with Gasteiger partial charge in [-0.15, -0.1) is 10.2 Å². The van der Waals surface area contributed by atoms with Crippen molar-refractivity contribution in [2.75, 3.05) is 26.3 Å². The molecule has 0 radical (unpaired) electrons. The van der Waals surface area contributed by atoms with Crippen LogP contribution in [0.2, 0.25) is 0 Å². The molecule has 1 aliphatic carbocycles. The van der Waals surface area contributed by atoms with E-state index in [4.69, 9.17) is 4.74 Å². The first-order valence-corrected chi connectivity index (χ1v) is 11.1. The quantitative estimate of drug-likeness (QED) is 0.867. The highest BCUT2D eigenvalue weighted by Gasteiger charge is 2.28. The van der Waals surface area contributed by atoms with Crippen LogP contribution in [0.1, 0.15) is 49.4 Å². The second-order valence-corrected chi connectivity index (χ2v) is 9.30. The molecule has 8 heteroatoms. The molecule has 0 unspecified atom stereocenters. The van der Waals surface area contributed by atoms with Crippen molar-refractivity contribution >= 4 is 10.0 Å². The van der Waals surface area contributed by atoms with Crippen molar-refractivity contribution < 1.29 is 13.2 Å². The number of nitrogens with one attached hydrogen (secondary N) is 1. The summed E-state index contributed by atoms with van der Waals surface area (Å²) in [4.78, 5) is 3.66. The van der Waals surface area contributed by atoms with Crippen LogP contribution in [0.5, 0.6) is 0 Å². The van der Waals surface area contributed by atoms with Crippen LogP contribution in [0.25, 0.3) is 11.4 Å². The summed E-state index contributed by atoms with van der Waals surface area (Å²) in [6.45, 7) is 3.47. The van der Waals surface area contributed by atoms with Gasteiger partial charge < -0.3 is 9.72 Å². The van der Waals surface area contributed by atoms with Gasteiger partial charge in [0.15, 0.2) is 5.82 Å². The molecule has 1 aromatic carbocycles. The van der Waals surface area contributed by atoms with E-state index >= 15 is 0 Å². The Kier molecular flexibility index (Phi) is 5.29. The van der Waals surface area contributed by atoms with E-state index in [9.17, 15) is 8.42 Å². The third kappa shape index (κ3) is 3.79. The van der Waals surface area contributed by atoms with Gasteiger partial charge in [-0.1, -0.05) is 31.4 Å². The van der Waals surface area contributed by atoms with Crippen molar-refractivity contribution in [2.45, 2.75) is 49.8 Å². The fourth-order valence-electron chi connectivity index (χ4n) is 3.92. The number of aryl methyl sites for hydroxylation is 1. The minimum atomic E-state index is -3.55. The molecule has 0 atom stereocenters. The number of aromatic nitrogens is 3. The van der Waals surface area contributed by atoms with Gasteiger partial charge in [0.1, 0.15) is 5.82 Å². The number of sulfonamides is 1. The molecule has 1 aliphatic heterocycles. The molecule has 1 N–H and O–H groups in total. The number of aromatic amines is 1.